The maximum Gasteiger partial charge on any atom is 0.317 e. The number of hydrogen-bond donors (Lipinski definition) is 1. The molecule has 0 aliphatic heterocycles. The normalized spacial score (nSPS) is 8.78. The number of hydrogen-bond acceptors (Lipinski definition) is 7. The van der Waals surface area contributed by atoms with E-state index in [2.05, 4.69) is 18.9 Å². The van der Waals surface area contributed by atoms with E-state index in [1.165, 1.54) is 14.2 Å². The molecular weight excluding hydrogens is 248 g/mol. The molecule has 8 heteroatoms. The lowest BCUT2D eigenvalue weighted by molar-refractivity contribution is -0.155. The van der Waals surface area contributed by atoms with Gasteiger partial charge in [0, 0.05) is 14.2 Å². The van der Waals surface area contributed by atoms with Gasteiger partial charge >= 0.3 is 11.9 Å². The average molecular weight is 266 g/mol. The van der Waals surface area contributed by atoms with Crippen LogP contribution < -0.4 is 0 Å². The third-order valence-corrected chi connectivity index (χ3v) is 1.39. The third-order valence-electron chi connectivity index (χ3n) is 1.39. The highest BCUT2D eigenvalue weighted by Crippen LogP contribution is 1.91. The van der Waals surface area contributed by atoms with E-state index in [0.717, 1.165) is 0 Å². The zero-order valence-corrected chi connectivity index (χ0v) is 10.4. The van der Waals surface area contributed by atoms with Gasteiger partial charge in [-0.15, -0.1) is 0 Å². The summed E-state index contributed by atoms with van der Waals surface area (Å²) in [6.45, 7) is 0.649. The fourth-order valence-corrected chi connectivity index (χ4v) is 0.698. The lowest BCUT2D eigenvalue weighted by Gasteiger charge is -2.04. The first-order valence-corrected chi connectivity index (χ1v) is 4.99. The van der Waals surface area contributed by atoms with E-state index in [4.69, 9.17) is 9.90 Å². The Balaban J connectivity index is 0. The standard InChI is InChI=1S/C9H16O6.CH2O2/c1-12-3-5-14-8(10)7-9(11)15-6-4-13-2;2-1-3/h3-7H2,1-2H3;1H,(H,2,3). The predicted octanol–water partition coefficient (Wildman–Crippen LogP) is -0.543. The summed E-state index contributed by atoms with van der Waals surface area (Å²) < 4.78 is 18.7. The smallest absolute Gasteiger partial charge is 0.317 e. The van der Waals surface area contributed by atoms with Crippen LogP contribution in [0.3, 0.4) is 0 Å². The molecule has 0 aliphatic rings. The van der Waals surface area contributed by atoms with Crippen LogP contribution >= 0.6 is 0 Å². The zero-order chi connectivity index (χ0) is 14.2. The molecule has 18 heavy (non-hydrogen) atoms. The lowest BCUT2D eigenvalue weighted by atomic mass is 10.4. The van der Waals surface area contributed by atoms with Crippen LogP contribution in [-0.2, 0) is 33.3 Å². The minimum Gasteiger partial charge on any atom is -0.483 e. The van der Waals surface area contributed by atoms with Crippen LogP contribution in [0.1, 0.15) is 6.42 Å². The Labute approximate surface area is 105 Å². The molecule has 0 radical (unpaired) electrons. The number of rotatable bonds is 8. The summed E-state index contributed by atoms with van der Waals surface area (Å²) in [4.78, 5) is 30.3. The van der Waals surface area contributed by atoms with E-state index in [-0.39, 0.29) is 26.1 Å². The van der Waals surface area contributed by atoms with E-state index in [1.54, 1.807) is 0 Å². The van der Waals surface area contributed by atoms with Crippen molar-refractivity contribution in [3.63, 3.8) is 0 Å². The molecule has 0 unspecified atom stereocenters. The molecule has 0 aliphatic carbocycles. The van der Waals surface area contributed by atoms with Gasteiger partial charge in [0.25, 0.3) is 6.47 Å². The molecule has 0 spiro atoms. The van der Waals surface area contributed by atoms with Crippen molar-refractivity contribution >= 4 is 18.4 Å². The van der Waals surface area contributed by atoms with Crippen molar-refractivity contribution in [1.29, 1.82) is 0 Å². The lowest BCUT2D eigenvalue weighted by Crippen LogP contribution is -2.17. The summed E-state index contributed by atoms with van der Waals surface area (Å²) in [5.41, 5.74) is 0. The van der Waals surface area contributed by atoms with Gasteiger partial charge in [-0.1, -0.05) is 0 Å². The first-order chi connectivity index (χ1) is 8.62. The van der Waals surface area contributed by atoms with E-state index >= 15 is 0 Å². The van der Waals surface area contributed by atoms with Gasteiger partial charge in [-0.05, 0) is 0 Å². The van der Waals surface area contributed by atoms with Crippen molar-refractivity contribution < 1.29 is 38.4 Å². The van der Waals surface area contributed by atoms with Crippen molar-refractivity contribution in [3.8, 4) is 0 Å². The molecule has 0 saturated carbocycles. The number of carbonyl (C=O) groups is 3. The topological polar surface area (TPSA) is 108 Å². The van der Waals surface area contributed by atoms with Gasteiger partial charge in [0.2, 0.25) is 0 Å². The summed E-state index contributed by atoms with van der Waals surface area (Å²) in [6.07, 6.45) is -0.382. The molecule has 0 bridgehead atoms. The number of methoxy groups -OCH3 is 2. The SMILES string of the molecule is COCCOC(=O)CC(=O)OCCOC.O=CO. The number of carboxylic acid groups (broad SMARTS) is 1. The van der Waals surface area contributed by atoms with E-state index in [0.29, 0.717) is 13.2 Å². The van der Waals surface area contributed by atoms with E-state index in [1.807, 2.05) is 0 Å². The van der Waals surface area contributed by atoms with Gasteiger partial charge in [-0.3, -0.25) is 14.4 Å². The maximum atomic E-state index is 11.0. The largest absolute Gasteiger partial charge is 0.483 e. The van der Waals surface area contributed by atoms with Gasteiger partial charge in [-0.2, -0.15) is 0 Å². The van der Waals surface area contributed by atoms with Crippen LogP contribution in [0.2, 0.25) is 0 Å². The number of carbonyl (C=O) groups excluding carboxylic acids is 2. The van der Waals surface area contributed by atoms with Gasteiger partial charge in [0.1, 0.15) is 19.6 Å². The van der Waals surface area contributed by atoms with Crippen LogP contribution in [0.15, 0.2) is 0 Å². The van der Waals surface area contributed by atoms with Crippen molar-refractivity contribution in [3.05, 3.63) is 0 Å². The molecule has 0 aromatic heterocycles. The van der Waals surface area contributed by atoms with Crippen molar-refractivity contribution in [2.45, 2.75) is 6.42 Å². The Morgan fingerprint density at radius 2 is 1.28 bits per heavy atom. The van der Waals surface area contributed by atoms with Crippen molar-refractivity contribution in [2.75, 3.05) is 40.6 Å². The van der Waals surface area contributed by atoms with Crippen LogP contribution in [0.5, 0.6) is 0 Å². The minimum atomic E-state index is -0.616. The summed E-state index contributed by atoms with van der Waals surface area (Å²) >= 11 is 0. The minimum absolute atomic E-state index is 0.140. The second kappa shape index (κ2) is 15.3. The van der Waals surface area contributed by atoms with Crippen LogP contribution in [0.4, 0.5) is 0 Å². The second-order valence-electron chi connectivity index (χ2n) is 2.71. The fourth-order valence-electron chi connectivity index (χ4n) is 0.698. The Morgan fingerprint density at radius 1 is 0.944 bits per heavy atom. The molecule has 0 atom stereocenters. The van der Waals surface area contributed by atoms with E-state index in [9.17, 15) is 9.59 Å². The summed E-state index contributed by atoms with van der Waals surface area (Å²) in [5.74, 6) is -1.23. The first kappa shape index (κ1) is 18.7. The van der Waals surface area contributed by atoms with Gasteiger partial charge < -0.3 is 24.1 Å². The molecule has 0 saturated heterocycles. The molecule has 8 nitrogen and oxygen atoms in total. The highest BCUT2D eigenvalue weighted by atomic mass is 16.6. The molecule has 0 rings (SSSR count). The monoisotopic (exact) mass is 266 g/mol. The first-order valence-electron chi connectivity index (χ1n) is 4.99. The van der Waals surface area contributed by atoms with Gasteiger partial charge in [-0.25, -0.2) is 0 Å². The van der Waals surface area contributed by atoms with Crippen LogP contribution in [0.25, 0.3) is 0 Å². The van der Waals surface area contributed by atoms with Gasteiger partial charge in [0.15, 0.2) is 0 Å². The van der Waals surface area contributed by atoms with Crippen LogP contribution in [0, 0.1) is 0 Å². The molecule has 106 valence electrons. The quantitative estimate of drug-likeness (QED) is 0.270. The van der Waals surface area contributed by atoms with Gasteiger partial charge in [0.05, 0.1) is 13.2 Å². The molecule has 1 N–H and O–H groups in total. The molecule has 0 heterocycles. The molecular formula is C10H18O8. The summed E-state index contributed by atoms with van der Waals surface area (Å²) in [6, 6.07) is 0. The Kier molecular flexibility index (Phi) is 15.9. The predicted molar refractivity (Wildman–Crippen MR) is 59.0 cm³/mol. The molecule has 0 aromatic rings. The number of ether oxygens (including phenoxy) is 4. The summed E-state index contributed by atoms with van der Waals surface area (Å²) in [7, 11) is 2.99. The maximum absolute atomic E-state index is 11.0. The fraction of sp³-hybridized carbons (Fsp3) is 0.700. The summed E-state index contributed by atoms with van der Waals surface area (Å²) in [5, 5.41) is 6.89. The molecule has 0 amide bonds. The molecule has 0 aromatic carbocycles. The highest BCUT2D eigenvalue weighted by molar-refractivity contribution is 5.91. The zero-order valence-electron chi connectivity index (χ0n) is 10.4. The highest BCUT2D eigenvalue weighted by Gasteiger charge is 2.11. The van der Waals surface area contributed by atoms with E-state index < -0.39 is 11.9 Å². The average Bonchev–Trinajstić information content (AvgIpc) is 2.30. The van der Waals surface area contributed by atoms with Crippen molar-refractivity contribution in [1.82, 2.24) is 0 Å². The van der Waals surface area contributed by atoms with Crippen molar-refractivity contribution in [2.24, 2.45) is 0 Å². The third kappa shape index (κ3) is 16.7. The molecule has 0 fully saturated rings. The van der Waals surface area contributed by atoms with Crippen LogP contribution in [-0.4, -0.2) is 64.2 Å². The Bertz CT molecular complexity index is 208. The Hall–Kier alpha value is -1.67. The second-order valence-corrected chi connectivity index (χ2v) is 2.71. The number of esters is 2. The Morgan fingerprint density at radius 3 is 1.56 bits per heavy atom.